The molecule has 4 heteroatoms. The molecule has 1 aliphatic carbocycles. The van der Waals surface area contributed by atoms with E-state index in [2.05, 4.69) is 5.32 Å². The molecule has 0 saturated heterocycles. The molecule has 0 bridgehead atoms. The highest BCUT2D eigenvalue weighted by Gasteiger charge is 2.21. The average Bonchev–Trinajstić information content (AvgIpc) is 2.41. The molecule has 1 aromatic carbocycles. The minimum Gasteiger partial charge on any atom is -0.393 e. The lowest BCUT2D eigenvalue weighted by molar-refractivity contribution is 0.0867. The van der Waals surface area contributed by atoms with Gasteiger partial charge in [0.15, 0.2) is 0 Å². The van der Waals surface area contributed by atoms with E-state index in [1.807, 2.05) is 18.2 Å². The Hall–Kier alpha value is -1.39. The molecule has 98 valence electrons. The standard InChI is InChI=1S/C14H20N2O2/c15-9-10-2-1-3-11(8-10)14(18)16-12-4-6-13(17)7-5-12/h1-3,8,12-13,17H,4-7,9,15H2,(H,16,18). The minimum absolute atomic E-state index is 0.0494. The number of nitrogens with two attached hydrogens (primary N) is 1. The smallest absolute Gasteiger partial charge is 0.251 e. The van der Waals surface area contributed by atoms with Gasteiger partial charge in [0.2, 0.25) is 0 Å². The third-order valence-electron chi connectivity index (χ3n) is 3.46. The maximum absolute atomic E-state index is 12.0. The number of carbonyl (C=O) groups is 1. The summed E-state index contributed by atoms with van der Waals surface area (Å²) in [5.41, 5.74) is 7.18. The van der Waals surface area contributed by atoms with Crippen LogP contribution in [0.25, 0.3) is 0 Å². The zero-order valence-corrected chi connectivity index (χ0v) is 10.4. The number of aliphatic hydroxyl groups excluding tert-OH is 1. The van der Waals surface area contributed by atoms with Gasteiger partial charge in [0.1, 0.15) is 0 Å². The molecule has 1 amide bonds. The van der Waals surface area contributed by atoms with Crippen molar-refractivity contribution in [3.8, 4) is 0 Å². The van der Waals surface area contributed by atoms with Crippen LogP contribution in [0.4, 0.5) is 0 Å². The summed E-state index contributed by atoms with van der Waals surface area (Å²) in [7, 11) is 0. The fraction of sp³-hybridized carbons (Fsp3) is 0.500. The van der Waals surface area contributed by atoms with Crippen LogP contribution in [0.3, 0.4) is 0 Å². The topological polar surface area (TPSA) is 75.4 Å². The molecule has 1 saturated carbocycles. The number of aliphatic hydroxyl groups is 1. The molecular weight excluding hydrogens is 228 g/mol. The molecule has 0 unspecified atom stereocenters. The van der Waals surface area contributed by atoms with Gasteiger partial charge in [0.25, 0.3) is 5.91 Å². The third kappa shape index (κ3) is 3.31. The Morgan fingerprint density at radius 3 is 2.72 bits per heavy atom. The first kappa shape index (κ1) is 13.1. The summed E-state index contributed by atoms with van der Waals surface area (Å²) in [5.74, 6) is -0.0494. The van der Waals surface area contributed by atoms with Gasteiger partial charge in [-0.05, 0) is 43.4 Å². The zero-order valence-electron chi connectivity index (χ0n) is 10.4. The van der Waals surface area contributed by atoms with Crippen LogP contribution >= 0.6 is 0 Å². The van der Waals surface area contributed by atoms with Crippen LogP contribution in [0.2, 0.25) is 0 Å². The molecule has 0 radical (unpaired) electrons. The number of benzene rings is 1. The van der Waals surface area contributed by atoms with E-state index in [-0.39, 0.29) is 18.1 Å². The van der Waals surface area contributed by atoms with Crippen LogP contribution in [0, 0.1) is 0 Å². The number of carbonyl (C=O) groups excluding carboxylic acids is 1. The molecule has 1 aliphatic rings. The van der Waals surface area contributed by atoms with E-state index in [9.17, 15) is 9.90 Å². The van der Waals surface area contributed by atoms with E-state index in [4.69, 9.17) is 5.73 Å². The molecule has 4 N–H and O–H groups in total. The van der Waals surface area contributed by atoms with Gasteiger partial charge < -0.3 is 16.2 Å². The Morgan fingerprint density at radius 2 is 2.06 bits per heavy atom. The Bertz CT molecular complexity index is 412. The molecule has 0 heterocycles. The van der Waals surface area contributed by atoms with Gasteiger partial charge in [-0.25, -0.2) is 0 Å². The fourth-order valence-electron chi connectivity index (χ4n) is 2.33. The van der Waals surface area contributed by atoms with Gasteiger partial charge in [-0.15, -0.1) is 0 Å². The summed E-state index contributed by atoms with van der Waals surface area (Å²) < 4.78 is 0. The highest BCUT2D eigenvalue weighted by atomic mass is 16.3. The molecule has 0 spiro atoms. The predicted molar refractivity (Wildman–Crippen MR) is 70.1 cm³/mol. The van der Waals surface area contributed by atoms with E-state index >= 15 is 0 Å². The van der Waals surface area contributed by atoms with Crippen LogP contribution in [0.5, 0.6) is 0 Å². The quantitative estimate of drug-likeness (QED) is 0.752. The number of nitrogens with one attached hydrogen (secondary N) is 1. The lowest BCUT2D eigenvalue weighted by Gasteiger charge is -2.26. The summed E-state index contributed by atoms with van der Waals surface area (Å²) in [6.07, 6.45) is 3.05. The van der Waals surface area contributed by atoms with Gasteiger partial charge in [0.05, 0.1) is 6.10 Å². The SMILES string of the molecule is NCc1cccc(C(=O)NC2CCC(O)CC2)c1. The predicted octanol–water partition coefficient (Wildman–Crippen LogP) is 1.18. The Kier molecular flexibility index (Phi) is 4.33. The molecular formula is C14H20N2O2. The van der Waals surface area contributed by atoms with Crippen LogP contribution in [-0.2, 0) is 6.54 Å². The second-order valence-corrected chi connectivity index (χ2v) is 4.88. The molecule has 1 fully saturated rings. The summed E-state index contributed by atoms with van der Waals surface area (Å²) in [6, 6.07) is 7.57. The fourth-order valence-corrected chi connectivity index (χ4v) is 2.33. The van der Waals surface area contributed by atoms with Crippen LogP contribution in [-0.4, -0.2) is 23.2 Å². The Morgan fingerprint density at radius 1 is 1.33 bits per heavy atom. The van der Waals surface area contributed by atoms with Crippen molar-refractivity contribution in [1.29, 1.82) is 0 Å². The molecule has 2 rings (SSSR count). The van der Waals surface area contributed by atoms with Crippen LogP contribution in [0.1, 0.15) is 41.6 Å². The minimum atomic E-state index is -0.196. The first-order valence-corrected chi connectivity index (χ1v) is 6.47. The van der Waals surface area contributed by atoms with Crippen molar-refractivity contribution >= 4 is 5.91 Å². The first-order valence-electron chi connectivity index (χ1n) is 6.47. The molecule has 1 aromatic rings. The van der Waals surface area contributed by atoms with E-state index in [0.29, 0.717) is 12.1 Å². The van der Waals surface area contributed by atoms with Crippen molar-refractivity contribution < 1.29 is 9.90 Å². The average molecular weight is 248 g/mol. The highest BCUT2D eigenvalue weighted by molar-refractivity contribution is 5.94. The number of hydrogen-bond acceptors (Lipinski definition) is 3. The van der Waals surface area contributed by atoms with Crippen molar-refractivity contribution in [2.75, 3.05) is 0 Å². The molecule has 0 atom stereocenters. The molecule has 4 nitrogen and oxygen atoms in total. The first-order chi connectivity index (χ1) is 8.69. The van der Waals surface area contributed by atoms with Crippen LogP contribution < -0.4 is 11.1 Å². The Labute approximate surface area is 107 Å². The normalized spacial score (nSPS) is 23.7. The van der Waals surface area contributed by atoms with Crippen molar-refractivity contribution in [1.82, 2.24) is 5.32 Å². The number of amides is 1. The van der Waals surface area contributed by atoms with Gasteiger partial charge >= 0.3 is 0 Å². The number of rotatable bonds is 3. The van der Waals surface area contributed by atoms with Crippen molar-refractivity contribution in [2.24, 2.45) is 5.73 Å². The van der Waals surface area contributed by atoms with E-state index in [0.717, 1.165) is 31.2 Å². The second kappa shape index (κ2) is 5.98. The van der Waals surface area contributed by atoms with Gasteiger partial charge in [-0.1, -0.05) is 12.1 Å². The maximum Gasteiger partial charge on any atom is 0.251 e. The van der Waals surface area contributed by atoms with Gasteiger partial charge in [-0.3, -0.25) is 4.79 Å². The molecule has 18 heavy (non-hydrogen) atoms. The summed E-state index contributed by atoms with van der Waals surface area (Å²) in [4.78, 5) is 12.0. The summed E-state index contributed by atoms with van der Waals surface area (Å²) in [6.45, 7) is 0.441. The van der Waals surface area contributed by atoms with Crippen molar-refractivity contribution in [2.45, 2.75) is 44.4 Å². The summed E-state index contributed by atoms with van der Waals surface area (Å²) in [5, 5.41) is 12.4. The zero-order chi connectivity index (χ0) is 13.0. The Balaban J connectivity index is 1.94. The van der Waals surface area contributed by atoms with Gasteiger partial charge in [-0.2, -0.15) is 0 Å². The maximum atomic E-state index is 12.0. The van der Waals surface area contributed by atoms with Crippen molar-refractivity contribution in [3.63, 3.8) is 0 Å². The lowest BCUT2D eigenvalue weighted by Crippen LogP contribution is -2.38. The largest absolute Gasteiger partial charge is 0.393 e. The second-order valence-electron chi connectivity index (χ2n) is 4.88. The number of hydrogen-bond donors (Lipinski definition) is 3. The van der Waals surface area contributed by atoms with Crippen molar-refractivity contribution in [3.05, 3.63) is 35.4 Å². The monoisotopic (exact) mass is 248 g/mol. The molecule has 0 aromatic heterocycles. The highest BCUT2D eigenvalue weighted by Crippen LogP contribution is 2.18. The van der Waals surface area contributed by atoms with E-state index < -0.39 is 0 Å². The molecule has 0 aliphatic heterocycles. The van der Waals surface area contributed by atoms with E-state index in [1.165, 1.54) is 0 Å². The van der Waals surface area contributed by atoms with E-state index in [1.54, 1.807) is 6.07 Å². The van der Waals surface area contributed by atoms with Gasteiger partial charge in [0, 0.05) is 18.2 Å². The summed E-state index contributed by atoms with van der Waals surface area (Å²) >= 11 is 0. The van der Waals surface area contributed by atoms with Crippen LogP contribution in [0.15, 0.2) is 24.3 Å². The lowest BCUT2D eigenvalue weighted by atomic mass is 9.93. The third-order valence-corrected chi connectivity index (χ3v) is 3.46.